The molecule has 4 nitrogen and oxygen atoms in total. The first-order chi connectivity index (χ1) is 34.5. The molecule has 0 spiro atoms. The normalized spacial score (nSPS) is 43.4. The fourth-order valence-corrected chi connectivity index (χ4v) is 21.8. The van der Waals surface area contributed by atoms with Crippen molar-refractivity contribution in [3.63, 3.8) is 0 Å². The smallest absolute Gasteiger partial charge is 0.0600 e. The van der Waals surface area contributed by atoms with E-state index in [0.29, 0.717) is 18.2 Å². The molecule has 404 valence electrons. The summed E-state index contributed by atoms with van der Waals surface area (Å²) in [5.74, 6) is 15.5. The molecule has 3 N–H and O–H groups in total. The molecule has 7 aliphatic carbocycles. The van der Waals surface area contributed by atoms with Crippen molar-refractivity contribution in [3.05, 3.63) is 0 Å². The van der Waals surface area contributed by atoms with Gasteiger partial charge in [-0.3, -0.25) is 10.2 Å². The van der Waals surface area contributed by atoms with Crippen LogP contribution < -0.4 is 16.0 Å². The van der Waals surface area contributed by atoms with Crippen LogP contribution in [0.5, 0.6) is 0 Å². The zero-order chi connectivity index (χ0) is 48.4. The van der Waals surface area contributed by atoms with Gasteiger partial charge in [-0.1, -0.05) is 151 Å². The first-order valence-corrected chi connectivity index (χ1v) is 33.5. The predicted octanol–water partition coefficient (Wildman–Crippen LogP) is 17.0. The third-order valence-corrected chi connectivity index (χ3v) is 24.4. The maximum Gasteiger partial charge on any atom is 0.0600 e. The van der Waals surface area contributed by atoms with Gasteiger partial charge in [-0.15, -0.1) is 0 Å². The first-order valence-electron chi connectivity index (χ1n) is 33.5. The quantitative estimate of drug-likeness (QED) is 0.136. The van der Waals surface area contributed by atoms with E-state index < -0.39 is 0 Å². The Morgan fingerprint density at radius 2 is 0.900 bits per heavy atom. The van der Waals surface area contributed by atoms with E-state index in [2.05, 4.69) is 62.4 Å². The minimum Gasteiger partial charge on any atom is -0.312 e. The monoisotopic (exact) mass is 969 g/mol. The fourth-order valence-electron chi connectivity index (χ4n) is 21.8. The number of hydrogen-bond acceptors (Lipinski definition) is 4. The van der Waals surface area contributed by atoms with Crippen LogP contribution in [0.4, 0.5) is 0 Å². The summed E-state index contributed by atoms with van der Waals surface area (Å²) in [5.41, 5.74) is 0. The standard InChI is InChI=1S/C66H120N4/c1-7-26-54(46-36-40-50(41-37-46)65-66(51-30-18-14-19-31-51)70(12-6)60(11-5)69-65)55-32-20-21-33-56(55)57(27-8-2)62-53(10-4)52(9-3)61(58-34-22-23-35-59(58)62)47-38-42-49(43-39-47)64-63(48-28-16-13-17-29-48)67-44-24-15-25-45-68-64/h46-69H,7-45H2,1-6H3. The second-order valence-electron chi connectivity index (χ2n) is 27.5. The lowest BCUT2D eigenvalue weighted by molar-refractivity contribution is -0.118. The summed E-state index contributed by atoms with van der Waals surface area (Å²) < 4.78 is 0. The van der Waals surface area contributed by atoms with Gasteiger partial charge in [0.05, 0.1) is 6.17 Å². The Morgan fingerprint density at radius 1 is 0.414 bits per heavy atom. The Balaban J connectivity index is 0.914. The summed E-state index contributed by atoms with van der Waals surface area (Å²) in [6.45, 7) is 19.3. The van der Waals surface area contributed by atoms with E-state index in [1.54, 1.807) is 38.5 Å². The van der Waals surface area contributed by atoms with Crippen LogP contribution in [0.3, 0.4) is 0 Å². The molecule has 15 unspecified atom stereocenters. The fraction of sp³-hybridized carbons (Fsp3) is 1.00. The van der Waals surface area contributed by atoms with E-state index in [-0.39, 0.29) is 0 Å². The molecule has 0 bridgehead atoms. The maximum atomic E-state index is 4.38. The lowest BCUT2D eigenvalue weighted by Gasteiger charge is -2.60. The van der Waals surface area contributed by atoms with Crippen molar-refractivity contribution >= 4 is 0 Å². The lowest BCUT2D eigenvalue weighted by Crippen LogP contribution is -2.57. The minimum atomic E-state index is 0.610. The van der Waals surface area contributed by atoms with Crippen LogP contribution in [0.1, 0.15) is 273 Å². The highest BCUT2D eigenvalue weighted by molar-refractivity contribution is 5.07. The van der Waals surface area contributed by atoms with E-state index in [0.717, 1.165) is 107 Å². The molecule has 9 rings (SSSR count). The van der Waals surface area contributed by atoms with E-state index in [1.807, 2.05) is 0 Å². The highest BCUT2D eigenvalue weighted by atomic mass is 15.4. The minimum absolute atomic E-state index is 0.610. The largest absolute Gasteiger partial charge is 0.312 e. The number of likely N-dealkylation sites (N-methyl/N-ethyl adjacent to an activating group) is 1. The van der Waals surface area contributed by atoms with Crippen LogP contribution in [0.25, 0.3) is 0 Å². The summed E-state index contributed by atoms with van der Waals surface area (Å²) in [7, 11) is 0. The van der Waals surface area contributed by atoms with Gasteiger partial charge in [0.2, 0.25) is 0 Å². The Hall–Kier alpha value is -0.160. The van der Waals surface area contributed by atoms with Gasteiger partial charge in [0, 0.05) is 24.2 Å². The van der Waals surface area contributed by atoms with E-state index in [9.17, 15) is 0 Å². The van der Waals surface area contributed by atoms with E-state index in [4.69, 9.17) is 0 Å². The molecule has 9 aliphatic rings. The number of nitrogens with zero attached hydrogens (tertiary/aromatic N) is 1. The summed E-state index contributed by atoms with van der Waals surface area (Å²) in [4.78, 5) is 2.97. The van der Waals surface area contributed by atoms with Gasteiger partial charge >= 0.3 is 0 Å². The number of fused-ring (bicyclic) bond motifs is 1. The molecular weight excluding hydrogens is 849 g/mol. The molecule has 9 fully saturated rings. The molecule has 0 aromatic carbocycles. The van der Waals surface area contributed by atoms with Gasteiger partial charge in [0.15, 0.2) is 0 Å². The molecule has 2 aliphatic heterocycles. The molecule has 0 aromatic rings. The van der Waals surface area contributed by atoms with Gasteiger partial charge in [0.25, 0.3) is 0 Å². The number of rotatable bonds is 17. The van der Waals surface area contributed by atoms with Crippen LogP contribution >= 0.6 is 0 Å². The molecule has 70 heavy (non-hydrogen) atoms. The average molecular weight is 970 g/mol. The Labute approximate surface area is 436 Å². The Morgan fingerprint density at radius 3 is 1.49 bits per heavy atom. The number of nitrogens with one attached hydrogen (secondary N) is 3. The van der Waals surface area contributed by atoms with Crippen molar-refractivity contribution < 1.29 is 0 Å². The second kappa shape index (κ2) is 27.2. The topological polar surface area (TPSA) is 39.3 Å². The molecule has 0 aromatic heterocycles. The van der Waals surface area contributed by atoms with Crippen LogP contribution in [0, 0.1) is 94.7 Å². The summed E-state index contributed by atoms with van der Waals surface area (Å²) in [6, 6.07) is 2.95. The second-order valence-corrected chi connectivity index (χ2v) is 27.5. The molecule has 0 radical (unpaired) electrons. The van der Waals surface area contributed by atoms with Crippen LogP contribution in [0.15, 0.2) is 0 Å². The zero-order valence-corrected chi connectivity index (χ0v) is 47.6. The van der Waals surface area contributed by atoms with Crippen LogP contribution in [-0.2, 0) is 0 Å². The van der Waals surface area contributed by atoms with Crippen molar-refractivity contribution in [1.82, 2.24) is 20.9 Å². The molecule has 7 saturated carbocycles. The Kier molecular flexibility index (Phi) is 21.3. The van der Waals surface area contributed by atoms with Gasteiger partial charge in [0.1, 0.15) is 0 Å². The molecule has 2 heterocycles. The SMILES string of the molecule is CCCC(C1CCC(C2NC(CC)N(CC)C2C2CCCCC2)CC1)C1CCCCC1C(CCC)C1C(CC)C(CC)C(C2CCC(C3NCCCCCNC3C3CCCCC3)CC2)C2CCCCC21. The third-order valence-electron chi connectivity index (χ3n) is 24.4. The highest BCUT2D eigenvalue weighted by Crippen LogP contribution is 2.63. The van der Waals surface area contributed by atoms with Crippen molar-refractivity contribution in [3.8, 4) is 0 Å². The lowest BCUT2D eigenvalue weighted by atomic mass is 9.45. The van der Waals surface area contributed by atoms with Crippen molar-refractivity contribution in [2.75, 3.05) is 19.6 Å². The summed E-state index contributed by atoms with van der Waals surface area (Å²) >= 11 is 0. The van der Waals surface area contributed by atoms with Crippen LogP contribution in [-0.4, -0.2) is 54.9 Å². The summed E-state index contributed by atoms with van der Waals surface area (Å²) in [5, 5.41) is 13.0. The number of hydrogen-bond donors (Lipinski definition) is 3. The Bertz CT molecular complexity index is 1450. The van der Waals surface area contributed by atoms with E-state index in [1.165, 1.54) is 212 Å². The molecular formula is C66H120N4. The van der Waals surface area contributed by atoms with Gasteiger partial charge in [-0.2, -0.15) is 0 Å². The van der Waals surface area contributed by atoms with Gasteiger partial charge in [-0.25, -0.2) is 0 Å². The average Bonchev–Trinajstić information content (AvgIpc) is 3.86. The molecule has 4 heteroatoms. The van der Waals surface area contributed by atoms with Crippen molar-refractivity contribution in [2.24, 2.45) is 94.7 Å². The van der Waals surface area contributed by atoms with Crippen molar-refractivity contribution in [2.45, 2.75) is 303 Å². The zero-order valence-electron chi connectivity index (χ0n) is 47.6. The first kappa shape index (κ1) is 54.6. The van der Waals surface area contributed by atoms with Crippen LogP contribution in [0.2, 0.25) is 0 Å². The van der Waals surface area contributed by atoms with Gasteiger partial charge < -0.3 is 10.6 Å². The highest BCUT2D eigenvalue weighted by Gasteiger charge is 2.56. The predicted molar refractivity (Wildman–Crippen MR) is 301 cm³/mol. The molecule has 2 saturated heterocycles. The van der Waals surface area contributed by atoms with Gasteiger partial charge in [-0.05, 0) is 236 Å². The maximum absolute atomic E-state index is 4.38. The van der Waals surface area contributed by atoms with E-state index >= 15 is 0 Å². The molecule has 0 amide bonds. The van der Waals surface area contributed by atoms with Crippen molar-refractivity contribution in [1.29, 1.82) is 0 Å². The third kappa shape index (κ3) is 12.2. The molecule has 15 atom stereocenters. The summed E-state index contributed by atoms with van der Waals surface area (Å²) in [6.07, 6.45) is 54.3.